The quantitative estimate of drug-likeness (QED) is 0.443. The van der Waals surface area contributed by atoms with Gasteiger partial charge in [-0.1, -0.05) is 0 Å². The largest absolute Gasteiger partial charge is 0.422 e. The van der Waals surface area contributed by atoms with Gasteiger partial charge in [0.2, 0.25) is 0 Å². The summed E-state index contributed by atoms with van der Waals surface area (Å²) in [6.07, 6.45) is 5.08. The van der Waals surface area contributed by atoms with Crippen LogP contribution in [0, 0.1) is 13.8 Å². The van der Waals surface area contributed by atoms with Gasteiger partial charge in [0.1, 0.15) is 5.58 Å². The average molecular weight is 431 g/mol. The van der Waals surface area contributed by atoms with Crippen LogP contribution in [0.15, 0.2) is 51.9 Å². The number of aryl methyl sites for hydroxylation is 2. The monoisotopic (exact) mass is 430 g/mol. The minimum absolute atomic E-state index is 0.310. The predicted molar refractivity (Wildman–Crippen MR) is 130 cm³/mol. The average Bonchev–Trinajstić information content (AvgIpc) is 3.01. The Balaban J connectivity index is 1.49. The second-order valence-electron chi connectivity index (χ2n) is 9.13. The third-order valence-electron chi connectivity index (χ3n) is 6.55. The van der Waals surface area contributed by atoms with E-state index in [1.54, 1.807) is 0 Å². The molecular formula is C26H30N4O2. The van der Waals surface area contributed by atoms with Crippen LogP contribution in [-0.4, -0.2) is 46.5 Å². The number of nitrogens with zero attached hydrogens (tertiary/aromatic N) is 4. The highest BCUT2D eigenvalue weighted by atomic mass is 16.4. The molecule has 0 unspecified atom stereocenters. The van der Waals surface area contributed by atoms with E-state index in [4.69, 9.17) is 4.42 Å². The molecule has 0 saturated carbocycles. The fraction of sp³-hybridized carbons (Fsp3) is 0.385. The lowest BCUT2D eigenvalue weighted by molar-refractivity contribution is 0.238. The lowest BCUT2D eigenvalue weighted by Gasteiger charge is -2.25. The van der Waals surface area contributed by atoms with Crippen LogP contribution in [-0.2, 0) is 0 Å². The van der Waals surface area contributed by atoms with Gasteiger partial charge in [-0.2, -0.15) is 0 Å². The summed E-state index contributed by atoms with van der Waals surface area (Å²) in [5.74, 6) is 0. The van der Waals surface area contributed by atoms with Crippen molar-refractivity contribution in [2.75, 3.05) is 31.1 Å². The number of hydrogen-bond acceptors (Lipinski definition) is 5. The standard InChI is InChI=1S/C26H30N4O2/c1-17(2)28-8-5-9-29(11-10-28)22-7-6-20-12-23(26(31)32-25(20)14-22)21-13-24-19(4)27-18(3)15-30(24)16-21/h6-7,12-17H,5,8-11H2,1-4H3. The Morgan fingerprint density at radius 3 is 2.66 bits per heavy atom. The Morgan fingerprint density at radius 2 is 1.84 bits per heavy atom. The Labute approximate surface area is 188 Å². The molecule has 0 bridgehead atoms. The van der Waals surface area contributed by atoms with E-state index in [2.05, 4.69) is 40.8 Å². The lowest BCUT2D eigenvalue weighted by Crippen LogP contribution is -2.35. The number of rotatable bonds is 3. The summed E-state index contributed by atoms with van der Waals surface area (Å²) in [5, 5.41) is 0.934. The van der Waals surface area contributed by atoms with Crippen molar-refractivity contribution in [2.24, 2.45) is 0 Å². The molecule has 32 heavy (non-hydrogen) atoms. The van der Waals surface area contributed by atoms with Gasteiger partial charge in [0.05, 0.1) is 22.5 Å². The molecule has 0 aliphatic carbocycles. The first-order chi connectivity index (χ1) is 15.4. The van der Waals surface area contributed by atoms with E-state index in [1.165, 1.54) is 0 Å². The van der Waals surface area contributed by atoms with Gasteiger partial charge in [-0.3, -0.25) is 9.88 Å². The van der Waals surface area contributed by atoms with Gasteiger partial charge >= 0.3 is 5.63 Å². The summed E-state index contributed by atoms with van der Waals surface area (Å²) < 4.78 is 7.83. The van der Waals surface area contributed by atoms with Crippen LogP contribution in [0.2, 0.25) is 0 Å². The number of fused-ring (bicyclic) bond motifs is 2. The normalized spacial score (nSPS) is 15.7. The van der Waals surface area contributed by atoms with Crippen LogP contribution >= 0.6 is 0 Å². The molecule has 0 radical (unpaired) electrons. The molecule has 166 valence electrons. The fourth-order valence-corrected chi connectivity index (χ4v) is 4.79. The van der Waals surface area contributed by atoms with Crippen molar-refractivity contribution in [3.63, 3.8) is 0 Å². The molecule has 3 aromatic heterocycles. The Kier molecular flexibility index (Phi) is 5.25. The number of aromatic nitrogens is 2. The molecule has 6 nitrogen and oxygen atoms in total. The van der Waals surface area contributed by atoms with Gasteiger partial charge in [0, 0.05) is 67.3 Å². The van der Waals surface area contributed by atoms with Crippen molar-refractivity contribution < 1.29 is 4.42 Å². The van der Waals surface area contributed by atoms with E-state index in [1.807, 2.05) is 48.8 Å². The molecule has 1 fully saturated rings. The minimum Gasteiger partial charge on any atom is -0.422 e. The number of benzene rings is 1. The zero-order valence-corrected chi connectivity index (χ0v) is 19.3. The molecule has 4 aromatic rings. The first-order valence-corrected chi connectivity index (χ1v) is 11.4. The van der Waals surface area contributed by atoms with Crippen LogP contribution in [0.25, 0.3) is 27.6 Å². The topological polar surface area (TPSA) is 54.0 Å². The summed E-state index contributed by atoms with van der Waals surface area (Å²) in [7, 11) is 0. The summed E-state index contributed by atoms with van der Waals surface area (Å²) in [6, 6.07) is 10.7. The van der Waals surface area contributed by atoms with E-state index in [-0.39, 0.29) is 5.63 Å². The molecular weight excluding hydrogens is 400 g/mol. The Hall–Kier alpha value is -3.12. The van der Waals surface area contributed by atoms with E-state index >= 15 is 0 Å². The summed E-state index contributed by atoms with van der Waals surface area (Å²) >= 11 is 0. The summed E-state index contributed by atoms with van der Waals surface area (Å²) in [5.41, 5.74) is 5.76. The first-order valence-electron chi connectivity index (χ1n) is 11.4. The highest BCUT2D eigenvalue weighted by Gasteiger charge is 2.18. The Morgan fingerprint density at radius 1 is 1.00 bits per heavy atom. The molecule has 0 amide bonds. The van der Waals surface area contributed by atoms with Crippen molar-refractivity contribution >= 4 is 22.2 Å². The van der Waals surface area contributed by atoms with E-state index < -0.39 is 0 Å². The van der Waals surface area contributed by atoms with Gasteiger partial charge in [-0.15, -0.1) is 0 Å². The molecule has 5 rings (SSSR count). The van der Waals surface area contributed by atoms with Crippen molar-refractivity contribution in [1.82, 2.24) is 14.3 Å². The van der Waals surface area contributed by atoms with Crippen LogP contribution in [0.3, 0.4) is 0 Å². The Bertz CT molecular complexity index is 1350. The van der Waals surface area contributed by atoms with Gasteiger partial charge in [-0.05, 0) is 58.4 Å². The smallest absolute Gasteiger partial charge is 0.344 e. The predicted octanol–water partition coefficient (Wildman–Crippen LogP) is 4.65. The second-order valence-corrected chi connectivity index (χ2v) is 9.13. The maximum absolute atomic E-state index is 12.9. The summed E-state index contributed by atoms with van der Waals surface area (Å²) in [4.78, 5) is 22.4. The number of hydrogen-bond donors (Lipinski definition) is 0. The maximum Gasteiger partial charge on any atom is 0.344 e. The molecule has 6 heteroatoms. The fourth-order valence-electron chi connectivity index (χ4n) is 4.79. The minimum atomic E-state index is -0.310. The van der Waals surface area contributed by atoms with E-state index in [9.17, 15) is 4.79 Å². The summed E-state index contributed by atoms with van der Waals surface area (Å²) in [6.45, 7) is 12.6. The SMILES string of the molecule is Cc1cn2cc(-c3cc4ccc(N5CCCN(C(C)C)CC5)cc4oc3=O)cc2c(C)n1. The molecule has 1 aliphatic heterocycles. The molecule has 0 N–H and O–H groups in total. The molecule has 0 atom stereocenters. The van der Waals surface area contributed by atoms with Crippen LogP contribution < -0.4 is 10.5 Å². The van der Waals surface area contributed by atoms with Crippen LogP contribution in [0.1, 0.15) is 31.7 Å². The molecule has 0 spiro atoms. The highest BCUT2D eigenvalue weighted by molar-refractivity contribution is 5.85. The molecule has 1 aromatic carbocycles. The zero-order valence-electron chi connectivity index (χ0n) is 19.3. The van der Waals surface area contributed by atoms with Crippen molar-refractivity contribution in [3.05, 3.63) is 64.5 Å². The highest BCUT2D eigenvalue weighted by Crippen LogP contribution is 2.27. The third-order valence-corrected chi connectivity index (χ3v) is 6.55. The van der Waals surface area contributed by atoms with Gasteiger partial charge in [0.25, 0.3) is 0 Å². The number of anilines is 1. The van der Waals surface area contributed by atoms with Gasteiger partial charge in [-0.25, -0.2) is 4.79 Å². The van der Waals surface area contributed by atoms with E-state index in [0.717, 1.165) is 66.1 Å². The van der Waals surface area contributed by atoms with Gasteiger partial charge < -0.3 is 13.7 Å². The van der Waals surface area contributed by atoms with Crippen LogP contribution in [0.4, 0.5) is 5.69 Å². The van der Waals surface area contributed by atoms with Crippen molar-refractivity contribution in [3.8, 4) is 11.1 Å². The second kappa shape index (κ2) is 8.10. The van der Waals surface area contributed by atoms with Crippen molar-refractivity contribution in [2.45, 2.75) is 40.2 Å². The van der Waals surface area contributed by atoms with E-state index in [0.29, 0.717) is 17.2 Å². The third kappa shape index (κ3) is 3.79. The maximum atomic E-state index is 12.9. The molecule has 4 heterocycles. The van der Waals surface area contributed by atoms with Crippen molar-refractivity contribution in [1.29, 1.82) is 0 Å². The van der Waals surface area contributed by atoms with Gasteiger partial charge in [0.15, 0.2) is 0 Å². The first kappa shape index (κ1) is 20.8. The zero-order chi connectivity index (χ0) is 22.4. The molecule has 1 aliphatic rings. The van der Waals surface area contributed by atoms with Crippen LogP contribution in [0.5, 0.6) is 0 Å². The molecule has 1 saturated heterocycles. The lowest BCUT2D eigenvalue weighted by atomic mass is 10.1.